The number of ether oxygens (including phenoxy) is 3. The van der Waals surface area contributed by atoms with E-state index < -0.39 is 5.25 Å². The van der Waals surface area contributed by atoms with E-state index in [4.69, 9.17) is 14.2 Å². The molecule has 2 aromatic rings. The highest BCUT2D eigenvalue weighted by atomic mass is 32.2. The third kappa shape index (κ3) is 3.92. The number of rotatable bonds is 5. The summed E-state index contributed by atoms with van der Waals surface area (Å²) in [4.78, 5) is 20.3. The molecule has 0 fully saturated rings. The average molecular weight is 332 g/mol. The Morgan fingerprint density at radius 3 is 2.87 bits per heavy atom. The van der Waals surface area contributed by atoms with Crippen LogP contribution < -0.4 is 9.47 Å². The Balaban J connectivity index is 1.59. The van der Waals surface area contributed by atoms with Gasteiger partial charge < -0.3 is 14.2 Å². The van der Waals surface area contributed by atoms with Crippen LogP contribution in [0.2, 0.25) is 0 Å². The van der Waals surface area contributed by atoms with Crippen LogP contribution in [0.5, 0.6) is 11.5 Å². The molecule has 3 rings (SSSR count). The summed E-state index contributed by atoms with van der Waals surface area (Å²) in [5, 5.41) is 0.153. The van der Waals surface area contributed by atoms with Crippen molar-refractivity contribution in [2.75, 3.05) is 13.2 Å². The van der Waals surface area contributed by atoms with Crippen molar-refractivity contribution in [3.8, 4) is 11.5 Å². The highest BCUT2D eigenvalue weighted by Crippen LogP contribution is 2.34. The molecule has 0 saturated carbocycles. The Morgan fingerprint density at radius 2 is 2.04 bits per heavy atom. The molecule has 120 valence electrons. The van der Waals surface area contributed by atoms with Gasteiger partial charge >= 0.3 is 5.97 Å². The van der Waals surface area contributed by atoms with Crippen LogP contribution in [0.15, 0.2) is 41.8 Å². The standard InChI is InChI=1S/C16H16N2O4S/c1-11(23-16-17-6-3-7-18-16)15(19)22-10-12-4-2-5-13-14(12)21-9-8-20-13/h2-7,11H,8-10H2,1H3/t11-/m0/s1. The zero-order chi connectivity index (χ0) is 16.1. The summed E-state index contributed by atoms with van der Waals surface area (Å²) in [5.74, 6) is 1.01. The van der Waals surface area contributed by atoms with Gasteiger partial charge in [0.05, 0.1) is 0 Å². The second-order valence-corrected chi connectivity index (χ2v) is 6.15. The number of carbonyl (C=O) groups is 1. The Morgan fingerprint density at radius 1 is 1.26 bits per heavy atom. The van der Waals surface area contributed by atoms with Crippen molar-refractivity contribution in [1.82, 2.24) is 9.97 Å². The lowest BCUT2D eigenvalue weighted by atomic mass is 10.2. The van der Waals surface area contributed by atoms with Crippen molar-refractivity contribution in [3.63, 3.8) is 0 Å². The van der Waals surface area contributed by atoms with Gasteiger partial charge in [-0.2, -0.15) is 0 Å². The summed E-state index contributed by atoms with van der Waals surface area (Å²) < 4.78 is 16.5. The number of hydrogen-bond donors (Lipinski definition) is 0. The molecule has 1 atom stereocenters. The Kier molecular flexibility index (Phi) is 4.97. The van der Waals surface area contributed by atoms with E-state index in [0.29, 0.717) is 29.9 Å². The van der Waals surface area contributed by atoms with E-state index in [2.05, 4.69) is 9.97 Å². The van der Waals surface area contributed by atoms with Crippen molar-refractivity contribution in [3.05, 3.63) is 42.2 Å². The second kappa shape index (κ2) is 7.32. The molecule has 0 amide bonds. The molecule has 1 aromatic heterocycles. The summed E-state index contributed by atoms with van der Waals surface area (Å²) >= 11 is 1.26. The van der Waals surface area contributed by atoms with Crippen LogP contribution in [0.1, 0.15) is 12.5 Å². The molecule has 0 saturated heterocycles. The van der Waals surface area contributed by atoms with Crippen LogP contribution in [0.3, 0.4) is 0 Å². The molecule has 0 aliphatic carbocycles. The molecular weight excluding hydrogens is 316 g/mol. The molecule has 23 heavy (non-hydrogen) atoms. The monoisotopic (exact) mass is 332 g/mol. The Bertz CT molecular complexity index is 681. The van der Waals surface area contributed by atoms with Gasteiger partial charge in [-0.25, -0.2) is 9.97 Å². The van der Waals surface area contributed by atoms with Crippen molar-refractivity contribution >= 4 is 17.7 Å². The number of fused-ring (bicyclic) bond motifs is 1. The van der Waals surface area contributed by atoms with E-state index >= 15 is 0 Å². The van der Waals surface area contributed by atoms with Crippen molar-refractivity contribution in [2.24, 2.45) is 0 Å². The van der Waals surface area contributed by atoms with E-state index in [1.807, 2.05) is 18.2 Å². The average Bonchev–Trinajstić information content (AvgIpc) is 2.60. The number of para-hydroxylation sites is 1. The van der Waals surface area contributed by atoms with Gasteiger partial charge in [0, 0.05) is 18.0 Å². The van der Waals surface area contributed by atoms with E-state index in [1.54, 1.807) is 25.4 Å². The molecule has 7 heteroatoms. The fourth-order valence-corrected chi connectivity index (χ4v) is 2.79. The fourth-order valence-electron chi connectivity index (χ4n) is 2.07. The van der Waals surface area contributed by atoms with E-state index in [9.17, 15) is 4.79 Å². The molecular formula is C16H16N2O4S. The summed E-state index contributed by atoms with van der Waals surface area (Å²) in [6.45, 7) is 2.94. The molecule has 0 radical (unpaired) electrons. The van der Waals surface area contributed by atoms with Crippen LogP contribution in [0.25, 0.3) is 0 Å². The van der Waals surface area contributed by atoms with E-state index in [0.717, 1.165) is 5.56 Å². The van der Waals surface area contributed by atoms with Gasteiger partial charge in [0.25, 0.3) is 0 Å². The van der Waals surface area contributed by atoms with Crippen LogP contribution in [-0.4, -0.2) is 34.4 Å². The zero-order valence-electron chi connectivity index (χ0n) is 12.6. The quantitative estimate of drug-likeness (QED) is 0.473. The summed E-state index contributed by atoms with van der Waals surface area (Å²) in [6, 6.07) is 7.28. The highest BCUT2D eigenvalue weighted by Gasteiger charge is 2.20. The van der Waals surface area contributed by atoms with Crippen molar-refractivity contribution in [2.45, 2.75) is 23.9 Å². The predicted molar refractivity (Wildman–Crippen MR) is 84.6 cm³/mol. The van der Waals surface area contributed by atoms with Gasteiger partial charge in [-0.05, 0) is 19.1 Å². The number of carbonyl (C=O) groups excluding carboxylic acids is 1. The minimum atomic E-state index is -0.394. The van der Waals surface area contributed by atoms with Crippen LogP contribution in [0, 0.1) is 0 Å². The number of esters is 1. The number of hydrogen-bond acceptors (Lipinski definition) is 7. The predicted octanol–water partition coefficient (Wildman–Crippen LogP) is 2.47. The molecule has 1 aliphatic rings. The van der Waals surface area contributed by atoms with Crippen LogP contribution in [0.4, 0.5) is 0 Å². The molecule has 2 heterocycles. The van der Waals surface area contributed by atoms with Crippen molar-refractivity contribution in [1.29, 1.82) is 0 Å². The largest absolute Gasteiger partial charge is 0.486 e. The minimum absolute atomic E-state index is 0.145. The first-order valence-corrected chi connectivity index (χ1v) is 8.10. The topological polar surface area (TPSA) is 70.5 Å². The lowest BCUT2D eigenvalue weighted by Crippen LogP contribution is -2.19. The lowest BCUT2D eigenvalue weighted by Gasteiger charge is -2.21. The number of aromatic nitrogens is 2. The summed E-state index contributed by atoms with van der Waals surface area (Å²) in [6.07, 6.45) is 3.28. The van der Waals surface area contributed by atoms with Gasteiger partial charge in [-0.3, -0.25) is 4.79 Å². The number of nitrogens with zero attached hydrogens (tertiary/aromatic N) is 2. The van der Waals surface area contributed by atoms with Gasteiger partial charge in [0.2, 0.25) is 0 Å². The minimum Gasteiger partial charge on any atom is -0.486 e. The first-order valence-electron chi connectivity index (χ1n) is 7.22. The normalized spacial score (nSPS) is 14.1. The smallest absolute Gasteiger partial charge is 0.319 e. The van der Waals surface area contributed by atoms with Gasteiger partial charge in [-0.15, -0.1) is 0 Å². The molecule has 0 spiro atoms. The molecule has 6 nitrogen and oxygen atoms in total. The van der Waals surface area contributed by atoms with E-state index in [1.165, 1.54) is 11.8 Å². The zero-order valence-corrected chi connectivity index (χ0v) is 13.4. The van der Waals surface area contributed by atoms with Gasteiger partial charge in [-0.1, -0.05) is 23.9 Å². The maximum atomic E-state index is 12.1. The maximum absolute atomic E-state index is 12.1. The number of benzene rings is 1. The first kappa shape index (κ1) is 15.6. The van der Waals surface area contributed by atoms with Gasteiger partial charge in [0.15, 0.2) is 16.7 Å². The maximum Gasteiger partial charge on any atom is 0.319 e. The molecule has 0 N–H and O–H groups in total. The first-order chi connectivity index (χ1) is 11.2. The summed E-state index contributed by atoms with van der Waals surface area (Å²) in [7, 11) is 0. The molecule has 1 aromatic carbocycles. The number of thioether (sulfide) groups is 1. The summed E-state index contributed by atoms with van der Waals surface area (Å²) in [5.41, 5.74) is 0.795. The fraction of sp³-hybridized carbons (Fsp3) is 0.312. The van der Waals surface area contributed by atoms with Crippen LogP contribution >= 0.6 is 11.8 Å². The molecule has 0 unspecified atom stereocenters. The van der Waals surface area contributed by atoms with Crippen LogP contribution in [-0.2, 0) is 16.1 Å². The highest BCUT2D eigenvalue weighted by molar-refractivity contribution is 8.00. The van der Waals surface area contributed by atoms with Crippen molar-refractivity contribution < 1.29 is 19.0 Å². The Hall–Kier alpha value is -2.28. The molecule has 1 aliphatic heterocycles. The van der Waals surface area contributed by atoms with Gasteiger partial charge in [0.1, 0.15) is 25.1 Å². The molecule has 0 bridgehead atoms. The SMILES string of the molecule is C[C@H](Sc1ncccn1)C(=O)OCc1cccc2c1OCCO2. The third-order valence-corrected chi connectivity index (χ3v) is 4.14. The Labute approximate surface area is 138 Å². The van der Waals surface area contributed by atoms with E-state index in [-0.39, 0.29) is 12.6 Å². The second-order valence-electron chi connectivity index (χ2n) is 4.84. The lowest BCUT2D eigenvalue weighted by molar-refractivity contribution is -0.144. The third-order valence-electron chi connectivity index (χ3n) is 3.17.